The molecule has 0 aliphatic heterocycles. The summed E-state index contributed by atoms with van der Waals surface area (Å²) in [6.45, 7) is 7.10. The van der Waals surface area contributed by atoms with Crippen molar-refractivity contribution in [2.75, 3.05) is 11.9 Å². The summed E-state index contributed by atoms with van der Waals surface area (Å²) in [7, 11) is 0. The van der Waals surface area contributed by atoms with Gasteiger partial charge >= 0.3 is 6.18 Å². The number of aromatic nitrogens is 3. The third-order valence-corrected chi connectivity index (χ3v) is 4.29. The first kappa shape index (κ1) is 25.0. The Morgan fingerprint density at radius 1 is 1.12 bits per heavy atom. The molecule has 1 atom stereocenters. The number of nitrogens with zero attached hydrogens (tertiary/aromatic N) is 3. The standard InChI is InChI=1S/C21H26F3N5O3/c1-11(2)19(31)29-17-7-15(6-12(3)26-17)13(4)28-18(30)8-16-9-25-20(14(5)27-16)32-10-21(22,23)24/h6-7,9,11,13H,8,10H2,1-5H3,(H,28,30)(H,26,29,31). The van der Waals surface area contributed by atoms with Crippen molar-refractivity contribution < 1.29 is 27.5 Å². The maximum Gasteiger partial charge on any atom is 0.422 e. The van der Waals surface area contributed by atoms with Crippen LogP contribution in [0.3, 0.4) is 0 Å². The van der Waals surface area contributed by atoms with Crippen LogP contribution in [0.2, 0.25) is 0 Å². The summed E-state index contributed by atoms with van der Waals surface area (Å²) in [4.78, 5) is 36.6. The zero-order chi connectivity index (χ0) is 24.1. The van der Waals surface area contributed by atoms with Crippen LogP contribution in [0, 0.1) is 19.8 Å². The molecule has 2 aromatic heterocycles. The fraction of sp³-hybridized carbons (Fsp3) is 0.476. The lowest BCUT2D eigenvalue weighted by Gasteiger charge is -2.17. The van der Waals surface area contributed by atoms with E-state index in [-0.39, 0.29) is 41.8 Å². The predicted molar refractivity (Wildman–Crippen MR) is 111 cm³/mol. The van der Waals surface area contributed by atoms with Gasteiger partial charge in [-0.2, -0.15) is 13.2 Å². The van der Waals surface area contributed by atoms with Gasteiger partial charge in [-0.25, -0.2) is 9.97 Å². The van der Waals surface area contributed by atoms with E-state index in [4.69, 9.17) is 0 Å². The number of carbonyl (C=O) groups is 2. The number of aryl methyl sites for hydroxylation is 2. The molecule has 0 fully saturated rings. The van der Waals surface area contributed by atoms with Crippen molar-refractivity contribution in [3.63, 3.8) is 0 Å². The maximum absolute atomic E-state index is 12.4. The van der Waals surface area contributed by atoms with Gasteiger partial charge < -0.3 is 15.4 Å². The number of hydrogen-bond donors (Lipinski definition) is 2. The number of nitrogens with one attached hydrogen (secondary N) is 2. The smallest absolute Gasteiger partial charge is 0.422 e. The molecular formula is C21H26F3N5O3. The second-order valence-corrected chi connectivity index (χ2v) is 7.69. The van der Waals surface area contributed by atoms with Gasteiger partial charge in [0.2, 0.25) is 17.7 Å². The number of rotatable bonds is 8. The number of pyridine rings is 1. The van der Waals surface area contributed by atoms with Crippen LogP contribution in [0.1, 0.15) is 49.5 Å². The zero-order valence-corrected chi connectivity index (χ0v) is 18.5. The Morgan fingerprint density at radius 2 is 1.81 bits per heavy atom. The Bertz CT molecular complexity index is 980. The summed E-state index contributed by atoms with van der Waals surface area (Å²) < 4.78 is 41.5. The molecule has 0 bridgehead atoms. The van der Waals surface area contributed by atoms with Crippen molar-refractivity contribution in [3.05, 3.63) is 41.0 Å². The average Bonchev–Trinajstić information content (AvgIpc) is 2.65. The van der Waals surface area contributed by atoms with Crippen LogP contribution in [0.15, 0.2) is 18.3 Å². The zero-order valence-electron chi connectivity index (χ0n) is 18.5. The highest BCUT2D eigenvalue weighted by Gasteiger charge is 2.29. The molecular weight excluding hydrogens is 427 g/mol. The molecule has 2 rings (SSSR count). The second kappa shape index (κ2) is 10.4. The molecule has 1 unspecified atom stereocenters. The number of halogens is 3. The topological polar surface area (TPSA) is 106 Å². The van der Waals surface area contributed by atoms with Gasteiger partial charge in [-0.15, -0.1) is 0 Å². The van der Waals surface area contributed by atoms with Crippen LogP contribution in [-0.2, 0) is 16.0 Å². The van der Waals surface area contributed by atoms with E-state index in [1.165, 1.54) is 13.1 Å². The van der Waals surface area contributed by atoms with E-state index in [9.17, 15) is 22.8 Å². The van der Waals surface area contributed by atoms with Gasteiger partial charge in [0.1, 0.15) is 5.82 Å². The lowest BCUT2D eigenvalue weighted by Crippen LogP contribution is -2.29. The molecule has 11 heteroatoms. The fourth-order valence-corrected chi connectivity index (χ4v) is 2.72. The van der Waals surface area contributed by atoms with Crippen LogP contribution in [-0.4, -0.2) is 39.5 Å². The molecule has 0 aliphatic rings. The van der Waals surface area contributed by atoms with Crippen LogP contribution >= 0.6 is 0 Å². The number of alkyl halides is 3. The van der Waals surface area contributed by atoms with Crippen molar-refractivity contribution in [1.82, 2.24) is 20.3 Å². The largest absolute Gasteiger partial charge is 0.467 e. The average molecular weight is 453 g/mol. The molecule has 2 aromatic rings. The number of amides is 2. The Hall–Kier alpha value is -3.24. The third kappa shape index (κ3) is 7.78. The van der Waals surface area contributed by atoms with Gasteiger partial charge in [-0.1, -0.05) is 13.8 Å². The van der Waals surface area contributed by atoms with Crippen LogP contribution in [0.4, 0.5) is 19.0 Å². The number of hydrogen-bond acceptors (Lipinski definition) is 6. The summed E-state index contributed by atoms with van der Waals surface area (Å²) in [5, 5.41) is 5.57. The fourth-order valence-electron chi connectivity index (χ4n) is 2.72. The van der Waals surface area contributed by atoms with Gasteiger partial charge in [-0.05, 0) is 38.5 Å². The second-order valence-electron chi connectivity index (χ2n) is 7.69. The molecule has 0 spiro atoms. The van der Waals surface area contributed by atoms with E-state index < -0.39 is 12.8 Å². The predicted octanol–water partition coefficient (Wildman–Crippen LogP) is 3.44. The molecule has 0 radical (unpaired) electrons. The van der Waals surface area contributed by atoms with Gasteiger partial charge in [0.15, 0.2) is 6.61 Å². The monoisotopic (exact) mass is 453 g/mol. The first-order chi connectivity index (χ1) is 14.8. The van der Waals surface area contributed by atoms with E-state index in [2.05, 4.69) is 30.3 Å². The van der Waals surface area contributed by atoms with E-state index in [1.54, 1.807) is 39.8 Å². The molecule has 2 N–H and O–H groups in total. The Kier molecular flexibility index (Phi) is 8.12. The lowest BCUT2D eigenvalue weighted by atomic mass is 10.1. The minimum atomic E-state index is -4.48. The summed E-state index contributed by atoms with van der Waals surface area (Å²) in [5.74, 6) is -0.550. The van der Waals surface area contributed by atoms with E-state index >= 15 is 0 Å². The molecule has 2 heterocycles. The molecule has 0 saturated carbocycles. The summed E-state index contributed by atoms with van der Waals surface area (Å²) in [6.07, 6.45) is -3.39. The molecule has 0 aromatic carbocycles. The highest BCUT2D eigenvalue weighted by atomic mass is 19.4. The number of anilines is 1. The molecule has 0 saturated heterocycles. The number of carbonyl (C=O) groups excluding carboxylic acids is 2. The van der Waals surface area contributed by atoms with Crippen molar-refractivity contribution in [1.29, 1.82) is 0 Å². The van der Waals surface area contributed by atoms with Crippen molar-refractivity contribution in [3.8, 4) is 5.88 Å². The maximum atomic E-state index is 12.4. The molecule has 32 heavy (non-hydrogen) atoms. The quantitative estimate of drug-likeness (QED) is 0.634. The van der Waals surface area contributed by atoms with Crippen molar-refractivity contribution in [2.45, 2.75) is 53.3 Å². The van der Waals surface area contributed by atoms with Gasteiger partial charge in [0.05, 0.1) is 30.0 Å². The lowest BCUT2D eigenvalue weighted by molar-refractivity contribution is -0.154. The highest BCUT2D eigenvalue weighted by molar-refractivity contribution is 5.91. The van der Waals surface area contributed by atoms with Gasteiger partial charge in [-0.3, -0.25) is 14.6 Å². The molecule has 174 valence electrons. The first-order valence-corrected chi connectivity index (χ1v) is 9.95. The van der Waals surface area contributed by atoms with E-state index in [0.29, 0.717) is 17.2 Å². The minimum Gasteiger partial charge on any atom is -0.467 e. The third-order valence-electron chi connectivity index (χ3n) is 4.29. The number of ether oxygens (including phenoxy) is 1. The summed E-state index contributed by atoms with van der Waals surface area (Å²) >= 11 is 0. The Morgan fingerprint density at radius 3 is 2.41 bits per heavy atom. The van der Waals surface area contributed by atoms with E-state index in [1.807, 2.05) is 0 Å². The summed E-state index contributed by atoms with van der Waals surface area (Å²) in [5.41, 5.74) is 1.88. The highest BCUT2D eigenvalue weighted by Crippen LogP contribution is 2.20. The molecule has 2 amide bonds. The summed E-state index contributed by atoms with van der Waals surface area (Å²) in [6, 6.07) is 3.10. The Labute approximate surface area is 184 Å². The van der Waals surface area contributed by atoms with Crippen LogP contribution in [0.25, 0.3) is 0 Å². The normalized spacial score (nSPS) is 12.4. The van der Waals surface area contributed by atoms with Gasteiger partial charge in [0, 0.05) is 11.6 Å². The van der Waals surface area contributed by atoms with Crippen molar-refractivity contribution in [2.24, 2.45) is 5.92 Å². The SMILES string of the molecule is Cc1cc(C(C)NC(=O)Cc2cnc(OCC(F)(F)F)c(C)n2)cc(NC(=O)C(C)C)n1. The van der Waals surface area contributed by atoms with E-state index in [0.717, 1.165) is 5.56 Å². The van der Waals surface area contributed by atoms with Gasteiger partial charge in [0.25, 0.3) is 0 Å². The van der Waals surface area contributed by atoms with Crippen molar-refractivity contribution >= 4 is 17.6 Å². The Balaban J connectivity index is 2.01. The molecule has 8 nitrogen and oxygen atoms in total. The first-order valence-electron chi connectivity index (χ1n) is 9.95. The van der Waals surface area contributed by atoms with Crippen LogP contribution in [0.5, 0.6) is 5.88 Å². The minimum absolute atomic E-state index is 0.112. The van der Waals surface area contributed by atoms with Crippen LogP contribution < -0.4 is 15.4 Å². The molecule has 0 aliphatic carbocycles.